The largest absolute Gasteiger partial charge is 0.467 e. The fourth-order valence-electron chi connectivity index (χ4n) is 1.96. The molecule has 1 aromatic heterocycles. The molecule has 0 unspecified atom stereocenters. The molecule has 2 rings (SSSR count). The van der Waals surface area contributed by atoms with Crippen molar-refractivity contribution in [3.05, 3.63) is 52.9 Å². The van der Waals surface area contributed by atoms with Crippen LogP contribution in [0.4, 0.5) is 0 Å². The second-order valence-electron chi connectivity index (χ2n) is 4.97. The van der Waals surface area contributed by atoms with Gasteiger partial charge in [0.1, 0.15) is 12.3 Å². The van der Waals surface area contributed by atoms with E-state index in [1.165, 1.54) is 0 Å². The molecule has 138 valence electrons. The number of aliphatic imine (C=N–C) groups is 1. The van der Waals surface area contributed by atoms with Crippen molar-refractivity contribution in [2.45, 2.75) is 18.4 Å². The molecule has 6 nitrogen and oxygen atoms in total. The van der Waals surface area contributed by atoms with E-state index in [1.807, 2.05) is 13.0 Å². The molecule has 9 heteroatoms. The van der Waals surface area contributed by atoms with Crippen molar-refractivity contribution in [1.82, 2.24) is 10.6 Å². The van der Waals surface area contributed by atoms with Crippen LogP contribution in [0.15, 0.2) is 61.4 Å². The van der Waals surface area contributed by atoms with E-state index in [-0.39, 0.29) is 36.3 Å². The molecular weight excluding hydrogens is 521 g/mol. The summed E-state index contributed by atoms with van der Waals surface area (Å²) >= 11 is 3.30. The van der Waals surface area contributed by atoms with Crippen molar-refractivity contribution in [1.29, 1.82) is 0 Å². The molecule has 2 N–H and O–H groups in total. The van der Waals surface area contributed by atoms with Gasteiger partial charge in [0.15, 0.2) is 15.8 Å². The lowest BCUT2D eigenvalue weighted by Gasteiger charge is -2.11. The van der Waals surface area contributed by atoms with Gasteiger partial charge in [0.25, 0.3) is 0 Å². The summed E-state index contributed by atoms with van der Waals surface area (Å²) in [4.78, 5) is 4.67. The number of nitrogens with zero attached hydrogens (tertiary/aromatic N) is 1. The molecule has 0 radical (unpaired) electrons. The summed E-state index contributed by atoms with van der Waals surface area (Å²) in [5, 5.41) is 6.10. The van der Waals surface area contributed by atoms with E-state index in [9.17, 15) is 8.42 Å². The number of hydrogen-bond donors (Lipinski definition) is 2. The van der Waals surface area contributed by atoms with Crippen LogP contribution >= 0.6 is 39.9 Å². The van der Waals surface area contributed by atoms with Crippen molar-refractivity contribution < 1.29 is 12.8 Å². The second-order valence-corrected chi connectivity index (χ2v) is 8.00. The summed E-state index contributed by atoms with van der Waals surface area (Å²) in [5.41, 5.74) is 0. The van der Waals surface area contributed by atoms with Crippen LogP contribution in [-0.4, -0.2) is 33.2 Å². The van der Waals surface area contributed by atoms with Crippen LogP contribution < -0.4 is 10.6 Å². The monoisotopic (exact) mass is 541 g/mol. The van der Waals surface area contributed by atoms with Crippen molar-refractivity contribution in [2.24, 2.45) is 4.99 Å². The smallest absolute Gasteiger partial charge is 0.191 e. The first-order valence-electron chi connectivity index (χ1n) is 7.54. The van der Waals surface area contributed by atoms with Crippen molar-refractivity contribution in [2.75, 3.05) is 18.8 Å². The van der Waals surface area contributed by atoms with Gasteiger partial charge < -0.3 is 15.1 Å². The first-order chi connectivity index (χ1) is 11.5. The van der Waals surface area contributed by atoms with Crippen molar-refractivity contribution in [3.8, 4) is 0 Å². The molecule has 0 saturated heterocycles. The van der Waals surface area contributed by atoms with Crippen LogP contribution in [0.25, 0.3) is 0 Å². The molecule has 1 heterocycles. The van der Waals surface area contributed by atoms with E-state index in [0.717, 1.165) is 10.2 Å². The maximum atomic E-state index is 12.3. The topological polar surface area (TPSA) is 83.7 Å². The number of hydrogen-bond acceptors (Lipinski definition) is 4. The number of halogens is 2. The van der Waals surface area contributed by atoms with Crippen LogP contribution in [0.5, 0.6) is 0 Å². The summed E-state index contributed by atoms with van der Waals surface area (Å²) in [6.45, 7) is 3.29. The van der Waals surface area contributed by atoms with E-state index in [2.05, 4.69) is 31.6 Å². The predicted octanol–water partition coefficient (Wildman–Crippen LogP) is 3.19. The molecule has 0 aliphatic carbocycles. The Balaban J connectivity index is 0.00000312. The maximum Gasteiger partial charge on any atom is 0.191 e. The average Bonchev–Trinajstić information content (AvgIpc) is 3.06. The number of nitrogens with one attached hydrogen (secondary N) is 2. The Bertz CT molecular complexity index is 762. The number of benzene rings is 1. The van der Waals surface area contributed by atoms with E-state index in [0.29, 0.717) is 23.9 Å². The lowest BCUT2D eigenvalue weighted by molar-refractivity contribution is 0.512. The van der Waals surface area contributed by atoms with E-state index in [4.69, 9.17) is 4.42 Å². The fourth-order valence-corrected chi connectivity index (χ4v) is 3.39. The summed E-state index contributed by atoms with van der Waals surface area (Å²) in [7, 11) is -3.33. The van der Waals surface area contributed by atoms with Gasteiger partial charge in [-0.25, -0.2) is 13.4 Å². The molecule has 0 aliphatic heterocycles. The Morgan fingerprint density at radius 1 is 1.20 bits per heavy atom. The molecule has 0 aliphatic rings. The minimum Gasteiger partial charge on any atom is -0.467 e. The van der Waals surface area contributed by atoms with Crippen molar-refractivity contribution >= 4 is 55.7 Å². The highest BCUT2D eigenvalue weighted by molar-refractivity contribution is 14.0. The van der Waals surface area contributed by atoms with Crippen LogP contribution in [-0.2, 0) is 16.4 Å². The van der Waals surface area contributed by atoms with Crippen molar-refractivity contribution in [3.63, 3.8) is 0 Å². The van der Waals surface area contributed by atoms with Gasteiger partial charge in [0, 0.05) is 17.6 Å². The van der Waals surface area contributed by atoms with Crippen LogP contribution in [0.2, 0.25) is 0 Å². The molecule has 0 spiro atoms. The van der Waals surface area contributed by atoms with Gasteiger partial charge in [-0.15, -0.1) is 24.0 Å². The molecule has 0 amide bonds. The maximum absolute atomic E-state index is 12.3. The van der Waals surface area contributed by atoms with E-state index in [1.54, 1.807) is 36.6 Å². The standard InChI is InChI=1S/C16H20BrN3O3S.HI/c1-2-18-16(20-12-14-4-3-10-23-14)19-9-11-24(21,22)15-7-5-13(17)6-8-15;/h3-8,10H,2,9,11-12H2,1H3,(H2,18,19,20);1H. The summed E-state index contributed by atoms with van der Waals surface area (Å²) in [6.07, 6.45) is 1.59. The van der Waals surface area contributed by atoms with Gasteiger partial charge in [-0.3, -0.25) is 0 Å². The quantitative estimate of drug-likeness (QED) is 0.319. The normalized spacial score (nSPS) is 11.7. The molecule has 0 bridgehead atoms. The van der Waals surface area contributed by atoms with Crippen LogP contribution in [0.1, 0.15) is 12.7 Å². The van der Waals surface area contributed by atoms with Gasteiger partial charge in [0.2, 0.25) is 0 Å². The van der Waals surface area contributed by atoms with Crippen LogP contribution in [0.3, 0.4) is 0 Å². The third-order valence-electron chi connectivity index (χ3n) is 3.15. The fraction of sp³-hybridized carbons (Fsp3) is 0.312. The lowest BCUT2D eigenvalue weighted by Crippen LogP contribution is -2.39. The number of sulfone groups is 1. The summed E-state index contributed by atoms with van der Waals surface area (Å²) in [5.74, 6) is 1.29. The minimum absolute atomic E-state index is 0. The van der Waals surface area contributed by atoms with Gasteiger partial charge >= 0.3 is 0 Å². The first kappa shape index (κ1) is 22.0. The SMILES string of the molecule is CCNC(=NCc1ccco1)NCCS(=O)(=O)c1ccc(Br)cc1.I. The second kappa shape index (κ2) is 10.8. The van der Waals surface area contributed by atoms with E-state index < -0.39 is 9.84 Å². The predicted molar refractivity (Wildman–Crippen MR) is 113 cm³/mol. The Hall–Kier alpha value is -1.07. The molecule has 1 aromatic carbocycles. The Morgan fingerprint density at radius 2 is 1.92 bits per heavy atom. The number of guanidine groups is 1. The molecular formula is C16H21BrIN3O3S. The summed E-state index contributed by atoms with van der Waals surface area (Å²) < 4.78 is 30.7. The zero-order valence-corrected chi connectivity index (χ0v) is 18.5. The minimum atomic E-state index is -3.33. The highest BCUT2D eigenvalue weighted by Crippen LogP contribution is 2.15. The average molecular weight is 542 g/mol. The Labute approximate surface area is 173 Å². The highest BCUT2D eigenvalue weighted by Gasteiger charge is 2.14. The Morgan fingerprint density at radius 3 is 2.52 bits per heavy atom. The zero-order valence-electron chi connectivity index (χ0n) is 13.7. The first-order valence-corrected chi connectivity index (χ1v) is 9.98. The van der Waals surface area contributed by atoms with Gasteiger partial charge in [-0.1, -0.05) is 15.9 Å². The van der Waals surface area contributed by atoms with Gasteiger partial charge in [-0.05, 0) is 43.3 Å². The van der Waals surface area contributed by atoms with E-state index >= 15 is 0 Å². The number of rotatable bonds is 7. The lowest BCUT2D eigenvalue weighted by atomic mass is 10.4. The molecule has 0 fully saturated rings. The molecule has 25 heavy (non-hydrogen) atoms. The highest BCUT2D eigenvalue weighted by atomic mass is 127. The molecule has 0 saturated carbocycles. The Kier molecular flexibility index (Phi) is 9.51. The van der Waals surface area contributed by atoms with Gasteiger partial charge in [-0.2, -0.15) is 0 Å². The van der Waals surface area contributed by atoms with Crippen LogP contribution in [0, 0.1) is 0 Å². The zero-order chi connectivity index (χ0) is 17.4. The third kappa shape index (κ3) is 7.37. The number of furan rings is 1. The summed E-state index contributed by atoms with van der Waals surface area (Å²) in [6, 6.07) is 10.3. The van der Waals surface area contributed by atoms with Gasteiger partial charge in [0.05, 0.1) is 16.9 Å². The third-order valence-corrected chi connectivity index (χ3v) is 5.41. The molecule has 2 aromatic rings. The molecule has 0 atom stereocenters.